The third-order valence-electron chi connectivity index (χ3n) is 1.87. The van der Waals surface area contributed by atoms with Crippen LogP contribution in [0, 0.1) is 0 Å². The lowest BCUT2D eigenvalue weighted by Crippen LogP contribution is -1.97. The molecule has 0 atom stereocenters. The van der Waals surface area contributed by atoms with Crippen LogP contribution >= 0.6 is 16.1 Å². The molecule has 0 radical (unpaired) electrons. The molecule has 0 fully saturated rings. The van der Waals surface area contributed by atoms with Crippen molar-refractivity contribution in [1.29, 1.82) is 0 Å². The van der Waals surface area contributed by atoms with Gasteiger partial charge in [0.25, 0.3) is 0 Å². The predicted molar refractivity (Wildman–Crippen MR) is 46.3 cm³/mol. The Balaban J connectivity index is 2.43. The normalized spacial score (nSPS) is 16.8. The second-order valence-corrected chi connectivity index (χ2v) is 3.73. The molecule has 0 bridgehead atoms. The Morgan fingerprint density at radius 3 is 2.82 bits per heavy atom. The first kappa shape index (κ1) is 7.13. The Labute approximate surface area is 73.8 Å². The van der Waals surface area contributed by atoms with Gasteiger partial charge in [0.1, 0.15) is 5.75 Å². The highest BCUT2D eigenvalue weighted by atomic mass is 79.9. The van der Waals surface area contributed by atoms with E-state index < -0.39 is 0 Å². The van der Waals surface area contributed by atoms with Gasteiger partial charge in [-0.05, 0) is 23.3 Å². The van der Waals surface area contributed by atoms with E-state index in [1.165, 1.54) is 11.1 Å². The van der Waals surface area contributed by atoms with E-state index in [-0.39, 0.29) is 0 Å². The third-order valence-corrected chi connectivity index (χ3v) is 2.38. The first-order valence-electron chi connectivity index (χ1n) is 3.47. The number of rotatable bonds is 0. The molecule has 1 N–H and O–H groups in total. The van der Waals surface area contributed by atoms with Crippen LogP contribution in [-0.4, -0.2) is 9.03 Å². The first-order valence-corrected chi connectivity index (χ1v) is 4.18. The maximum atomic E-state index is 9.15. The number of hydrogen-bond acceptors (Lipinski definition) is 2. The summed E-state index contributed by atoms with van der Waals surface area (Å²) in [5, 5.41) is 9.15. The average Bonchev–Trinajstić information content (AvgIpc) is 2.27. The summed E-state index contributed by atoms with van der Waals surface area (Å²) in [7, 11) is 0. The number of benzene rings is 1. The van der Waals surface area contributed by atoms with Crippen LogP contribution in [0.15, 0.2) is 18.2 Å². The molecule has 11 heavy (non-hydrogen) atoms. The van der Waals surface area contributed by atoms with Crippen molar-refractivity contribution in [3.05, 3.63) is 29.3 Å². The fraction of sp³-hybridized carbons (Fsp3) is 0.250. The molecular weight excluding hydrogens is 206 g/mol. The maximum Gasteiger partial charge on any atom is 0.115 e. The number of halogens is 1. The van der Waals surface area contributed by atoms with Crippen LogP contribution in [0.3, 0.4) is 0 Å². The van der Waals surface area contributed by atoms with E-state index in [1.807, 2.05) is 16.1 Å². The van der Waals surface area contributed by atoms with Gasteiger partial charge in [-0.2, -0.15) is 0 Å². The van der Waals surface area contributed by atoms with Crippen molar-refractivity contribution in [2.75, 3.05) is 0 Å². The van der Waals surface area contributed by atoms with E-state index in [1.54, 1.807) is 6.07 Å². The standard InChI is InChI=1S/C8H8BrNO/c9-10-4-6-1-2-8(11)3-7(6)5-10/h1-3,11H,4-5H2. The zero-order valence-electron chi connectivity index (χ0n) is 5.92. The lowest BCUT2D eigenvalue weighted by Gasteiger charge is -1.98. The summed E-state index contributed by atoms with van der Waals surface area (Å²) in [6.07, 6.45) is 0. The summed E-state index contributed by atoms with van der Waals surface area (Å²) in [6.45, 7) is 1.80. The van der Waals surface area contributed by atoms with Gasteiger partial charge in [0, 0.05) is 29.2 Å². The van der Waals surface area contributed by atoms with Gasteiger partial charge in [-0.25, -0.2) is 3.93 Å². The van der Waals surface area contributed by atoms with Crippen LogP contribution in [0.2, 0.25) is 0 Å². The van der Waals surface area contributed by atoms with E-state index in [4.69, 9.17) is 5.11 Å². The third kappa shape index (κ3) is 1.26. The van der Waals surface area contributed by atoms with Crippen molar-refractivity contribution in [3.63, 3.8) is 0 Å². The van der Waals surface area contributed by atoms with Crippen LogP contribution in [0.4, 0.5) is 0 Å². The van der Waals surface area contributed by atoms with E-state index in [2.05, 4.69) is 16.1 Å². The smallest absolute Gasteiger partial charge is 0.115 e. The molecule has 58 valence electrons. The number of hydrogen-bond donors (Lipinski definition) is 1. The van der Waals surface area contributed by atoms with Gasteiger partial charge in [-0.1, -0.05) is 6.07 Å². The molecule has 0 amide bonds. The number of phenols is 1. The van der Waals surface area contributed by atoms with Gasteiger partial charge in [0.2, 0.25) is 0 Å². The summed E-state index contributed by atoms with van der Waals surface area (Å²) in [5.41, 5.74) is 2.50. The molecule has 1 aromatic carbocycles. The molecule has 1 aliphatic heterocycles. The van der Waals surface area contributed by atoms with Crippen LogP contribution in [0.5, 0.6) is 5.75 Å². The summed E-state index contributed by atoms with van der Waals surface area (Å²) < 4.78 is 2.04. The van der Waals surface area contributed by atoms with E-state index in [0.29, 0.717) is 5.75 Å². The predicted octanol–water partition coefficient (Wildman–Crippen LogP) is 2.02. The SMILES string of the molecule is Oc1ccc2c(c1)CN(Br)C2. The number of aromatic hydroxyl groups is 1. The van der Waals surface area contributed by atoms with Crippen molar-refractivity contribution >= 4 is 16.1 Å². The molecule has 0 aromatic heterocycles. The fourth-order valence-electron chi connectivity index (χ4n) is 1.34. The van der Waals surface area contributed by atoms with Crippen LogP contribution < -0.4 is 0 Å². The molecule has 2 rings (SSSR count). The molecule has 2 nitrogen and oxygen atoms in total. The van der Waals surface area contributed by atoms with Gasteiger partial charge in [0.05, 0.1) is 0 Å². The zero-order chi connectivity index (χ0) is 7.84. The van der Waals surface area contributed by atoms with Gasteiger partial charge in [-0.3, -0.25) is 0 Å². The lowest BCUT2D eigenvalue weighted by molar-refractivity contribution is 0.474. The van der Waals surface area contributed by atoms with Gasteiger partial charge in [-0.15, -0.1) is 0 Å². The summed E-state index contributed by atoms with van der Waals surface area (Å²) in [4.78, 5) is 0. The Morgan fingerprint density at radius 2 is 2.00 bits per heavy atom. The number of phenolic OH excluding ortho intramolecular Hbond substituents is 1. The first-order chi connectivity index (χ1) is 5.25. The molecule has 0 saturated heterocycles. The second-order valence-electron chi connectivity index (χ2n) is 2.73. The Kier molecular flexibility index (Phi) is 1.62. The minimum atomic E-state index is 0.353. The van der Waals surface area contributed by atoms with Crippen molar-refractivity contribution in [1.82, 2.24) is 3.93 Å². The summed E-state index contributed by atoms with van der Waals surface area (Å²) in [6, 6.07) is 5.51. The van der Waals surface area contributed by atoms with Crippen molar-refractivity contribution in [2.24, 2.45) is 0 Å². The quantitative estimate of drug-likeness (QED) is 0.668. The van der Waals surface area contributed by atoms with E-state index >= 15 is 0 Å². The number of nitrogens with zero attached hydrogens (tertiary/aromatic N) is 1. The minimum Gasteiger partial charge on any atom is -0.508 e. The summed E-state index contributed by atoms with van der Waals surface area (Å²) >= 11 is 3.40. The molecule has 0 spiro atoms. The highest BCUT2D eigenvalue weighted by Crippen LogP contribution is 2.27. The molecule has 0 unspecified atom stereocenters. The molecule has 3 heteroatoms. The Morgan fingerprint density at radius 1 is 1.27 bits per heavy atom. The van der Waals surface area contributed by atoms with Crippen LogP contribution in [0.25, 0.3) is 0 Å². The molecule has 0 aliphatic carbocycles. The number of fused-ring (bicyclic) bond motifs is 1. The lowest BCUT2D eigenvalue weighted by atomic mass is 10.1. The van der Waals surface area contributed by atoms with Gasteiger partial charge in [0.15, 0.2) is 0 Å². The molecule has 1 aromatic rings. The summed E-state index contributed by atoms with van der Waals surface area (Å²) in [5.74, 6) is 0.353. The van der Waals surface area contributed by atoms with Crippen molar-refractivity contribution in [3.8, 4) is 5.75 Å². The van der Waals surface area contributed by atoms with Crippen LogP contribution in [0.1, 0.15) is 11.1 Å². The van der Waals surface area contributed by atoms with Crippen molar-refractivity contribution in [2.45, 2.75) is 13.1 Å². The van der Waals surface area contributed by atoms with Gasteiger partial charge < -0.3 is 5.11 Å². The minimum absolute atomic E-state index is 0.353. The Hall–Kier alpha value is -0.540. The highest BCUT2D eigenvalue weighted by Gasteiger charge is 2.16. The molecule has 1 aliphatic rings. The second kappa shape index (κ2) is 2.50. The van der Waals surface area contributed by atoms with E-state index in [9.17, 15) is 0 Å². The zero-order valence-corrected chi connectivity index (χ0v) is 7.50. The monoisotopic (exact) mass is 213 g/mol. The molecule has 0 saturated carbocycles. The highest BCUT2D eigenvalue weighted by molar-refractivity contribution is 9.07. The maximum absolute atomic E-state index is 9.15. The van der Waals surface area contributed by atoms with Crippen molar-refractivity contribution < 1.29 is 5.11 Å². The largest absolute Gasteiger partial charge is 0.508 e. The fourth-order valence-corrected chi connectivity index (χ4v) is 1.88. The van der Waals surface area contributed by atoms with Crippen LogP contribution in [-0.2, 0) is 13.1 Å². The topological polar surface area (TPSA) is 23.5 Å². The van der Waals surface area contributed by atoms with Gasteiger partial charge >= 0.3 is 0 Å². The average molecular weight is 214 g/mol. The molecular formula is C8H8BrNO. The molecule has 1 heterocycles. The Bertz CT molecular complexity index is 287. The van der Waals surface area contributed by atoms with E-state index in [0.717, 1.165) is 13.1 Å².